The Labute approximate surface area is 91.6 Å². The minimum absolute atomic E-state index is 0.245. The minimum Gasteiger partial charge on any atom is -0.272 e. The molecule has 78 valence electrons. The van der Waals surface area contributed by atoms with Crippen molar-refractivity contribution in [3.8, 4) is 5.69 Å². The van der Waals surface area contributed by atoms with Gasteiger partial charge in [0.1, 0.15) is 0 Å². The molecule has 0 aliphatic carbocycles. The summed E-state index contributed by atoms with van der Waals surface area (Å²) in [6.07, 6.45) is 0. The largest absolute Gasteiger partial charge is 0.347 e. The number of aromatic amines is 2. The fraction of sp³-hybridized carbons (Fsp3) is 0.200. The maximum atomic E-state index is 11.5. The van der Waals surface area contributed by atoms with Gasteiger partial charge in [0.2, 0.25) is 4.77 Å². The number of hydrogen-bond donors (Lipinski definition) is 2. The molecule has 1 aromatic heterocycles. The van der Waals surface area contributed by atoms with E-state index < -0.39 is 0 Å². The molecule has 0 amide bonds. The lowest BCUT2D eigenvalue weighted by atomic mass is 10.1. The Morgan fingerprint density at radius 2 is 1.73 bits per heavy atom. The third kappa shape index (κ3) is 1.78. The lowest BCUT2D eigenvalue weighted by Gasteiger charge is -2.03. The average molecular weight is 221 g/mol. The molecular weight excluding hydrogens is 210 g/mol. The fourth-order valence-electron chi connectivity index (χ4n) is 1.63. The zero-order valence-electron chi connectivity index (χ0n) is 8.50. The number of benzene rings is 1. The summed E-state index contributed by atoms with van der Waals surface area (Å²) >= 11 is 5.02. The highest BCUT2D eigenvalue weighted by molar-refractivity contribution is 7.71. The van der Waals surface area contributed by atoms with Crippen LogP contribution in [0.15, 0.2) is 23.0 Å². The number of hydrogen-bond acceptors (Lipinski definition) is 2. The molecule has 0 unspecified atom stereocenters. The van der Waals surface area contributed by atoms with E-state index in [4.69, 9.17) is 12.2 Å². The van der Waals surface area contributed by atoms with E-state index in [1.54, 1.807) is 0 Å². The van der Waals surface area contributed by atoms with Crippen molar-refractivity contribution in [2.24, 2.45) is 0 Å². The van der Waals surface area contributed by atoms with Gasteiger partial charge >= 0.3 is 5.69 Å². The van der Waals surface area contributed by atoms with Crippen LogP contribution in [0.4, 0.5) is 0 Å². The van der Waals surface area contributed by atoms with Crippen LogP contribution in [0.25, 0.3) is 5.69 Å². The van der Waals surface area contributed by atoms with Gasteiger partial charge in [0, 0.05) is 0 Å². The molecule has 4 nitrogen and oxygen atoms in total. The van der Waals surface area contributed by atoms with Gasteiger partial charge in [0.05, 0.1) is 5.69 Å². The third-order valence-corrected chi connectivity index (χ3v) is 2.43. The Morgan fingerprint density at radius 1 is 1.13 bits per heavy atom. The second-order valence-electron chi connectivity index (χ2n) is 3.54. The quantitative estimate of drug-likeness (QED) is 0.722. The molecule has 2 rings (SSSR count). The summed E-state index contributed by atoms with van der Waals surface area (Å²) in [5.74, 6) is 0. The zero-order chi connectivity index (χ0) is 11.0. The molecule has 2 N–H and O–H groups in total. The number of nitrogens with one attached hydrogen (secondary N) is 2. The highest BCUT2D eigenvalue weighted by atomic mass is 32.1. The van der Waals surface area contributed by atoms with Gasteiger partial charge in [-0.3, -0.25) is 5.10 Å². The van der Waals surface area contributed by atoms with Crippen LogP contribution >= 0.6 is 12.2 Å². The van der Waals surface area contributed by atoms with Crippen LogP contribution in [0, 0.1) is 18.6 Å². The average Bonchev–Trinajstić information content (AvgIpc) is 2.44. The molecule has 0 bridgehead atoms. The van der Waals surface area contributed by atoms with Crippen molar-refractivity contribution in [2.75, 3.05) is 0 Å². The van der Waals surface area contributed by atoms with Crippen molar-refractivity contribution >= 4 is 12.2 Å². The normalized spacial score (nSPS) is 10.5. The standard InChI is InChI=1S/C10H11N3OS/c1-6-3-7(2)5-8(4-6)13-9(14)11-12-10(13)15/h3-5H,1-2H3,(H,11,14)(H,12,15). The maximum Gasteiger partial charge on any atom is 0.347 e. The van der Waals surface area contributed by atoms with E-state index >= 15 is 0 Å². The molecule has 5 heteroatoms. The molecule has 1 aromatic carbocycles. The summed E-state index contributed by atoms with van der Waals surface area (Å²) in [6, 6.07) is 5.89. The van der Waals surface area contributed by atoms with Gasteiger partial charge in [-0.15, -0.1) is 0 Å². The van der Waals surface area contributed by atoms with Crippen molar-refractivity contribution in [2.45, 2.75) is 13.8 Å². The van der Waals surface area contributed by atoms with E-state index in [1.807, 2.05) is 32.0 Å². The van der Waals surface area contributed by atoms with Crippen LogP contribution in [0.2, 0.25) is 0 Å². The molecule has 2 aromatic rings. The minimum atomic E-state index is -0.245. The summed E-state index contributed by atoms with van der Waals surface area (Å²) in [5.41, 5.74) is 2.75. The Kier molecular flexibility index (Phi) is 2.32. The molecule has 0 atom stereocenters. The monoisotopic (exact) mass is 221 g/mol. The predicted octanol–water partition coefficient (Wildman–Crippen LogP) is 1.84. The molecular formula is C10H11N3OS. The van der Waals surface area contributed by atoms with E-state index in [2.05, 4.69) is 10.2 Å². The van der Waals surface area contributed by atoms with Crippen LogP contribution in [0.1, 0.15) is 11.1 Å². The van der Waals surface area contributed by atoms with Crippen LogP contribution in [0.5, 0.6) is 0 Å². The first-order valence-corrected chi connectivity index (χ1v) is 4.97. The number of aromatic nitrogens is 3. The number of aryl methyl sites for hydroxylation is 2. The molecule has 0 saturated carbocycles. The summed E-state index contributed by atoms with van der Waals surface area (Å²) in [6.45, 7) is 3.97. The smallest absolute Gasteiger partial charge is 0.272 e. The Bertz CT molecular complexity index is 558. The van der Waals surface area contributed by atoms with E-state index in [9.17, 15) is 4.79 Å². The zero-order valence-corrected chi connectivity index (χ0v) is 9.31. The molecule has 0 spiro atoms. The summed E-state index contributed by atoms with van der Waals surface area (Å²) in [5, 5.41) is 5.07. The highest BCUT2D eigenvalue weighted by Crippen LogP contribution is 2.11. The Balaban J connectivity index is 2.74. The highest BCUT2D eigenvalue weighted by Gasteiger charge is 2.03. The van der Waals surface area contributed by atoms with Crippen molar-refractivity contribution in [3.63, 3.8) is 0 Å². The van der Waals surface area contributed by atoms with Crippen molar-refractivity contribution in [1.29, 1.82) is 0 Å². The van der Waals surface area contributed by atoms with Gasteiger partial charge < -0.3 is 0 Å². The number of rotatable bonds is 1. The van der Waals surface area contributed by atoms with Gasteiger partial charge in [-0.05, 0) is 49.3 Å². The number of nitrogens with zero attached hydrogens (tertiary/aromatic N) is 1. The Hall–Kier alpha value is -1.62. The van der Waals surface area contributed by atoms with Crippen LogP contribution in [-0.4, -0.2) is 14.8 Å². The molecule has 1 heterocycles. The van der Waals surface area contributed by atoms with E-state index in [-0.39, 0.29) is 5.69 Å². The first kappa shape index (κ1) is 9.92. The predicted molar refractivity (Wildman–Crippen MR) is 61.0 cm³/mol. The summed E-state index contributed by atoms with van der Waals surface area (Å²) in [7, 11) is 0. The van der Waals surface area contributed by atoms with Gasteiger partial charge in [-0.1, -0.05) is 6.07 Å². The maximum absolute atomic E-state index is 11.5. The molecule has 0 aliphatic rings. The molecule has 0 aliphatic heterocycles. The van der Waals surface area contributed by atoms with Gasteiger partial charge in [-0.25, -0.2) is 14.5 Å². The van der Waals surface area contributed by atoms with Crippen LogP contribution in [-0.2, 0) is 0 Å². The van der Waals surface area contributed by atoms with Crippen molar-refractivity contribution in [3.05, 3.63) is 44.6 Å². The van der Waals surface area contributed by atoms with E-state index in [1.165, 1.54) is 4.57 Å². The number of H-pyrrole nitrogens is 2. The van der Waals surface area contributed by atoms with Crippen LogP contribution < -0.4 is 5.69 Å². The molecule has 0 fully saturated rings. The third-order valence-electron chi connectivity index (χ3n) is 2.15. The molecule has 0 saturated heterocycles. The molecule has 0 radical (unpaired) electrons. The van der Waals surface area contributed by atoms with Gasteiger partial charge in [-0.2, -0.15) is 0 Å². The van der Waals surface area contributed by atoms with Gasteiger partial charge in [0.15, 0.2) is 0 Å². The first-order chi connectivity index (χ1) is 7.08. The summed E-state index contributed by atoms with van der Waals surface area (Å²) < 4.78 is 1.82. The first-order valence-electron chi connectivity index (χ1n) is 4.56. The molecule has 15 heavy (non-hydrogen) atoms. The topological polar surface area (TPSA) is 53.6 Å². The fourth-order valence-corrected chi connectivity index (χ4v) is 1.86. The van der Waals surface area contributed by atoms with Crippen LogP contribution in [0.3, 0.4) is 0 Å². The SMILES string of the molecule is Cc1cc(C)cc(-n2c(=O)[nH][nH]c2=S)c1. The van der Waals surface area contributed by atoms with E-state index in [0.717, 1.165) is 16.8 Å². The lowest BCUT2D eigenvalue weighted by Crippen LogP contribution is -2.15. The second-order valence-corrected chi connectivity index (χ2v) is 3.93. The van der Waals surface area contributed by atoms with Crippen molar-refractivity contribution in [1.82, 2.24) is 14.8 Å². The second kappa shape index (κ2) is 3.51. The van der Waals surface area contributed by atoms with Gasteiger partial charge in [0.25, 0.3) is 0 Å². The van der Waals surface area contributed by atoms with E-state index in [0.29, 0.717) is 4.77 Å². The lowest BCUT2D eigenvalue weighted by molar-refractivity contribution is 0.971. The van der Waals surface area contributed by atoms with Crippen molar-refractivity contribution < 1.29 is 0 Å². The summed E-state index contributed by atoms with van der Waals surface area (Å²) in [4.78, 5) is 11.5. The Morgan fingerprint density at radius 3 is 2.20 bits per heavy atom.